The molecule has 0 amide bonds. The van der Waals surface area contributed by atoms with Crippen molar-refractivity contribution in [1.29, 1.82) is 0 Å². The largest absolute Gasteiger partial charge is 0.456 e. The summed E-state index contributed by atoms with van der Waals surface area (Å²) in [4.78, 5) is 12.1. The molecule has 0 unspecified atom stereocenters. The summed E-state index contributed by atoms with van der Waals surface area (Å²) in [6.45, 7) is 6.19. The first kappa shape index (κ1) is 17.2. The predicted octanol–water partition coefficient (Wildman–Crippen LogP) is 4.14. The van der Waals surface area contributed by atoms with Gasteiger partial charge in [-0.2, -0.15) is 0 Å². The van der Waals surface area contributed by atoms with Gasteiger partial charge < -0.3 is 14.4 Å². The van der Waals surface area contributed by atoms with Crippen LogP contribution in [0, 0.1) is 0 Å². The van der Waals surface area contributed by atoms with Gasteiger partial charge in [0.1, 0.15) is 5.60 Å². The Hall–Kier alpha value is -2.59. The average molecular weight is 337 g/mol. The zero-order valence-corrected chi connectivity index (χ0v) is 14.8. The lowest BCUT2D eigenvalue weighted by atomic mass is 10.1. The molecule has 4 nitrogen and oxygen atoms in total. The molecule has 1 aromatic heterocycles. The number of ether oxygens (including phenoxy) is 1. The quantitative estimate of drug-likeness (QED) is 0.728. The van der Waals surface area contributed by atoms with E-state index in [0.717, 1.165) is 22.2 Å². The summed E-state index contributed by atoms with van der Waals surface area (Å²) in [6.07, 6.45) is 0. The molecule has 0 saturated heterocycles. The first-order valence-corrected chi connectivity index (χ1v) is 8.38. The number of para-hydroxylation sites is 1. The van der Waals surface area contributed by atoms with Gasteiger partial charge in [0, 0.05) is 17.8 Å². The highest BCUT2D eigenvalue weighted by atomic mass is 16.6. The van der Waals surface area contributed by atoms with Crippen molar-refractivity contribution < 1.29 is 14.6 Å². The van der Waals surface area contributed by atoms with E-state index in [4.69, 9.17) is 4.74 Å². The Labute approximate surface area is 147 Å². The number of benzene rings is 2. The first-order chi connectivity index (χ1) is 11.9. The fraction of sp³-hybridized carbons (Fsp3) is 0.286. The highest BCUT2D eigenvalue weighted by Crippen LogP contribution is 2.22. The average Bonchev–Trinajstić information content (AvgIpc) is 2.92. The second-order valence-corrected chi connectivity index (χ2v) is 7.14. The van der Waals surface area contributed by atoms with Crippen molar-refractivity contribution in [1.82, 2.24) is 4.57 Å². The molecule has 4 heteroatoms. The molecule has 0 fully saturated rings. The highest BCUT2D eigenvalue weighted by Gasteiger charge is 2.17. The van der Waals surface area contributed by atoms with Crippen LogP contribution < -0.4 is 0 Å². The van der Waals surface area contributed by atoms with Crippen LogP contribution in [0.15, 0.2) is 54.6 Å². The number of nitrogens with zero attached hydrogens (tertiary/aromatic N) is 1. The summed E-state index contributed by atoms with van der Waals surface area (Å²) in [5.41, 5.74) is 3.05. The SMILES string of the molecule is CC(C)(C)OC(=O)c1ccc(Cn2c(CO)cc3ccccc32)cc1. The minimum Gasteiger partial charge on any atom is -0.456 e. The minimum atomic E-state index is -0.504. The van der Waals surface area contributed by atoms with Crippen LogP contribution in [0.1, 0.15) is 42.4 Å². The van der Waals surface area contributed by atoms with Gasteiger partial charge in [-0.15, -0.1) is 0 Å². The van der Waals surface area contributed by atoms with Crippen molar-refractivity contribution in [3.8, 4) is 0 Å². The highest BCUT2D eigenvalue weighted by molar-refractivity contribution is 5.89. The molecule has 0 saturated carbocycles. The summed E-state index contributed by atoms with van der Waals surface area (Å²) >= 11 is 0. The van der Waals surface area contributed by atoms with Crippen molar-refractivity contribution in [2.45, 2.75) is 39.5 Å². The van der Waals surface area contributed by atoms with Gasteiger partial charge in [0.2, 0.25) is 0 Å². The van der Waals surface area contributed by atoms with Crippen molar-refractivity contribution in [3.63, 3.8) is 0 Å². The monoisotopic (exact) mass is 337 g/mol. The summed E-state index contributed by atoms with van der Waals surface area (Å²) < 4.78 is 7.48. The van der Waals surface area contributed by atoms with E-state index < -0.39 is 5.60 Å². The molecule has 0 aliphatic carbocycles. The molecule has 1 N–H and O–H groups in total. The Morgan fingerprint density at radius 3 is 2.40 bits per heavy atom. The number of aliphatic hydroxyl groups is 1. The molecule has 0 radical (unpaired) electrons. The van der Waals surface area contributed by atoms with Gasteiger partial charge in [0.25, 0.3) is 0 Å². The minimum absolute atomic E-state index is 0.00925. The molecule has 25 heavy (non-hydrogen) atoms. The lowest BCUT2D eigenvalue weighted by Crippen LogP contribution is -2.23. The molecule has 1 heterocycles. The van der Waals surface area contributed by atoms with Crippen LogP contribution in [0.5, 0.6) is 0 Å². The van der Waals surface area contributed by atoms with Crippen LogP contribution >= 0.6 is 0 Å². The van der Waals surface area contributed by atoms with Crippen LogP contribution in [0.4, 0.5) is 0 Å². The maximum Gasteiger partial charge on any atom is 0.338 e. The number of fused-ring (bicyclic) bond motifs is 1. The van der Waals surface area contributed by atoms with Crippen molar-refractivity contribution in [2.75, 3.05) is 0 Å². The maximum absolute atomic E-state index is 12.1. The third-order valence-electron chi connectivity index (χ3n) is 3.99. The summed E-state index contributed by atoms with van der Waals surface area (Å²) in [5.74, 6) is -0.318. The van der Waals surface area contributed by atoms with E-state index in [9.17, 15) is 9.90 Å². The van der Waals surface area contributed by atoms with Gasteiger partial charge in [-0.05, 0) is 56.0 Å². The van der Waals surface area contributed by atoms with Crippen molar-refractivity contribution in [2.24, 2.45) is 0 Å². The fourth-order valence-corrected chi connectivity index (χ4v) is 2.85. The number of aliphatic hydroxyl groups excluding tert-OH is 1. The third-order valence-corrected chi connectivity index (χ3v) is 3.99. The number of esters is 1. The van der Waals surface area contributed by atoms with Gasteiger partial charge in [0.05, 0.1) is 12.2 Å². The Balaban J connectivity index is 1.84. The lowest BCUT2D eigenvalue weighted by molar-refractivity contribution is 0.00695. The molecule has 2 aromatic carbocycles. The summed E-state index contributed by atoms with van der Waals surface area (Å²) in [6, 6.07) is 17.5. The zero-order chi connectivity index (χ0) is 18.0. The Morgan fingerprint density at radius 1 is 1.08 bits per heavy atom. The van der Waals surface area contributed by atoms with Gasteiger partial charge in [-0.3, -0.25) is 0 Å². The van der Waals surface area contributed by atoms with Crippen LogP contribution in [0.3, 0.4) is 0 Å². The topological polar surface area (TPSA) is 51.5 Å². The summed E-state index contributed by atoms with van der Waals surface area (Å²) in [5, 5.41) is 10.7. The summed E-state index contributed by atoms with van der Waals surface area (Å²) in [7, 11) is 0. The van der Waals surface area contributed by atoms with E-state index in [-0.39, 0.29) is 12.6 Å². The Bertz CT molecular complexity index is 886. The van der Waals surface area contributed by atoms with Gasteiger partial charge in [-0.25, -0.2) is 4.79 Å². The molecule has 3 rings (SSSR count). The van der Waals surface area contributed by atoms with E-state index in [2.05, 4.69) is 4.57 Å². The standard InChI is InChI=1S/C21H23NO3/c1-21(2,3)25-20(24)16-10-8-15(9-11-16)13-22-18(14-23)12-17-6-4-5-7-19(17)22/h4-12,23H,13-14H2,1-3H3. The second-order valence-electron chi connectivity index (χ2n) is 7.14. The molecular formula is C21H23NO3. The lowest BCUT2D eigenvalue weighted by Gasteiger charge is -2.19. The molecule has 0 atom stereocenters. The number of carbonyl (C=O) groups is 1. The van der Waals surface area contributed by atoms with Gasteiger partial charge in [0.15, 0.2) is 0 Å². The normalized spacial score (nSPS) is 11.7. The predicted molar refractivity (Wildman–Crippen MR) is 98.6 cm³/mol. The number of carbonyl (C=O) groups excluding carboxylic acids is 1. The number of hydrogen-bond donors (Lipinski definition) is 1. The zero-order valence-electron chi connectivity index (χ0n) is 14.8. The van der Waals surface area contributed by atoms with Crippen LogP contribution in [-0.4, -0.2) is 21.2 Å². The molecule has 0 aliphatic rings. The molecular weight excluding hydrogens is 314 g/mol. The van der Waals surface area contributed by atoms with E-state index >= 15 is 0 Å². The number of hydrogen-bond acceptors (Lipinski definition) is 3. The smallest absolute Gasteiger partial charge is 0.338 e. The van der Waals surface area contributed by atoms with E-state index in [1.54, 1.807) is 12.1 Å². The molecule has 130 valence electrons. The van der Waals surface area contributed by atoms with E-state index in [0.29, 0.717) is 12.1 Å². The van der Waals surface area contributed by atoms with Crippen LogP contribution in [0.2, 0.25) is 0 Å². The Morgan fingerprint density at radius 2 is 1.76 bits per heavy atom. The van der Waals surface area contributed by atoms with Gasteiger partial charge >= 0.3 is 5.97 Å². The third kappa shape index (κ3) is 3.91. The molecule has 0 bridgehead atoms. The Kier molecular flexibility index (Phi) is 4.64. The van der Waals surface area contributed by atoms with E-state index in [1.165, 1.54) is 0 Å². The molecule has 0 spiro atoms. The van der Waals surface area contributed by atoms with E-state index in [1.807, 2.05) is 63.2 Å². The van der Waals surface area contributed by atoms with Crippen molar-refractivity contribution in [3.05, 3.63) is 71.4 Å². The van der Waals surface area contributed by atoms with Crippen LogP contribution in [0.25, 0.3) is 10.9 Å². The van der Waals surface area contributed by atoms with Gasteiger partial charge in [-0.1, -0.05) is 30.3 Å². The maximum atomic E-state index is 12.1. The number of rotatable bonds is 4. The molecule has 0 aliphatic heterocycles. The second kappa shape index (κ2) is 6.73. The van der Waals surface area contributed by atoms with Crippen molar-refractivity contribution >= 4 is 16.9 Å². The van der Waals surface area contributed by atoms with Crippen LogP contribution in [-0.2, 0) is 17.9 Å². The fourth-order valence-electron chi connectivity index (χ4n) is 2.85. The number of aromatic nitrogens is 1. The molecule has 3 aromatic rings. The first-order valence-electron chi connectivity index (χ1n) is 8.38.